The highest BCUT2D eigenvalue weighted by Crippen LogP contribution is 2.25. The third-order valence-electron chi connectivity index (χ3n) is 12.6. The van der Waals surface area contributed by atoms with Gasteiger partial charge in [-0.1, -0.05) is 80.6 Å². The average molecular weight is 987 g/mol. The highest BCUT2D eigenvalue weighted by atomic mass is 32.2. The summed E-state index contributed by atoms with van der Waals surface area (Å²) < 4.78 is 32.7. The summed E-state index contributed by atoms with van der Waals surface area (Å²) in [6.45, 7) is 7.67. The lowest BCUT2D eigenvalue weighted by atomic mass is 10.0. The molecule has 4 amide bonds. The van der Waals surface area contributed by atoms with E-state index in [1.807, 2.05) is 83.6 Å². The molecule has 0 bridgehead atoms. The summed E-state index contributed by atoms with van der Waals surface area (Å²) in [5, 5.41) is 5.95. The molecule has 1 fully saturated rings. The lowest BCUT2D eigenvalue weighted by Crippen LogP contribution is -2.41. The van der Waals surface area contributed by atoms with Crippen molar-refractivity contribution in [1.82, 2.24) is 24.2 Å². The van der Waals surface area contributed by atoms with Crippen LogP contribution in [0.3, 0.4) is 0 Å². The lowest BCUT2D eigenvalue weighted by molar-refractivity contribution is -0.147. The number of likely N-dealkylation sites (N-methyl/N-ethyl adjacent to an activating group) is 1. The number of anilines is 3. The van der Waals surface area contributed by atoms with Crippen molar-refractivity contribution in [3.8, 4) is 0 Å². The van der Waals surface area contributed by atoms with Crippen molar-refractivity contribution in [2.45, 2.75) is 90.8 Å². The van der Waals surface area contributed by atoms with Crippen LogP contribution in [0.4, 0.5) is 17.2 Å². The van der Waals surface area contributed by atoms with Gasteiger partial charge in [-0.15, -0.1) is 0 Å². The molecule has 1 saturated heterocycles. The quantitative estimate of drug-likeness (QED) is 0.0446. The molecule has 376 valence electrons. The Bertz CT molecular complexity index is 2690. The minimum absolute atomic E-state index is 0.00364. The first kappa shape index (κ1) is 53.4. The summed E-state index contributed by atoms with van der Waals surface area (Å²) in [7, 11) is -0.948. The second-order valence-corrected chi connectivity index (χ2v) is 19.3. The summed E-state index contributed by atoms with van der Waals surface area (Å²) in [4.78, 5) is 76.8. The van der Waals surface area contributed by atoms with Crippen molar-refractivity contribution in [3.63, 3.8) is 0 Å². The maximum atomic E-state index is 14.1. The Kier molecular flexibility index (Phi) is 19.8. The lowest BCUT2D eigenvalue weighted by Gasteiger charge is -2.32. The van der Waals surface area contributed by atoms with Gasteiger partial charge in [-0.05, 0) is 116 Å². The van der Waals surface area contributed by atoms with Gasteiger partial charge in [-0.3, -0.25) is 28.9 Å². The van der Waals surface area contributed by atoms with Gasteiger partial charge < -0.3 is 25.2 Å². The van der Waals surface area contributed by atoms with E-state index in [1.54, 1.807) is 48.3 Å². The van der Waals surface area contributed by atoms with Crippen LogP contribution in [-0.4, -0.2) is 99.1 Å². The maximum Gasteiger partial charge on any atom is 0.306 e. The van der Waals surface area contributed by atoms with Crippen molar-refractivity contribution in [1.29, 1.82) is 0 Å². The maximum absolute atomic E-state index is 14.1. The Hall–Kier alpha value is -6.95. The van der Waals surface area contributed by atoms with Gasteiger partial charge in [0.05, 0.1) is 12.1 Å². The van der Waals surface area contributed by atoms with Gasteiger partial charge in [0.15, 0.2) is 5.69 Å². The highest BCUT2D eigenvalue weighted by molar-refractivity contribution is 7.88. The molecule has 0 saturated carbocycles. The van der Waals surface area contributed by atoms with Gasteiger partial charge in [-0.25, -0.2) is 14.4 Å². The number of nitrogens with one attached hydrogen (secondary N) is 4. The van der Waals surface area contributed by atoms with Crippen LogP contribution in [0.2, 0.25) is 0 Å². The minimum Gasteiger partial charge on any atom is -0.461 e. The second-order valence-electron chi connectivity index (χ2n) is 17.7. The monoisotopic (exact) mass is 986 g/mol. The predicted molar refractivity (Wildman–Crippen MR) is 276 cm³/mol. The number of rotatable bonds is 24. The fourth-order valence-corrected chi connectivity index (χ4v) is 8.82. The van der Waals surface area contributed by atoms with E-state index in [0.717, 1.165) is 67.4 Å². The number of aromatic nitrogens is 1. The summed E-state index contributed by atoms with van der Waals surface area (Å²) in [6, 6.07) is 34.8. The standard InChI is InChI=1S/C54H66N8O8S/c1-5-46(6-2)62(35-34-60(4)49(63)30-31-50(64)70-38-41-14-9-7-10-15-41)37-42-16-13-17-44(36-42)52(65)57-47-28-29-48(61-32-11-8-12-33-61)58-51(47)54(67)56-45-26-22-40(23-27-45)19-18-39-20-24-43(25-21-39)53(66)59-71(68,69)55-3/h7,9-10,13-17,20-29,36,46,55H,5-6,8,11-12,18-19,30-35,37-38H2,1-4H3,(H,56,67)(H,57,65)(H,59,66). The van der Waals surface area contributed by atoms with Gasteiger partial charge in [0.1, 0.15) is 12.4 Å². The smallest absolute Gasteiger partial charge is 0.306 e. The molecule has 1 aliphatic heterocycles. The zero-order valence-corrected chi connectivity index (χ0v) is 41.9. The molecule has 4 aromatic carbocycles. The summed E-state index contributed by atoms with van der Waals surface area (Å²) in [6.07, 6.45) is 6.36. The van der Waals surface area contributed by atoms with Crippen molar-refractivity contribution >= 4 is 57.0 Å². The van der Waals surface area contributed by atoms with Crippen molar-refractivity contribution in [2.24, 2.45) is 0 Å². The molecule has 2 heterocycles. The Balaban J connectivity index is 1.07. The topological polar surface area (TPSA) is 199 Å². The van der Waals surface area contributed by atoms with Gasteiger partial charge >= 0.3 is 16.2 Å². The molecule has 5 aromatic rings. The molecule has 1 aliphatic rings. The number of esters is 1. The Morgan fingerprint density at radius 1 is 0.690 bits per heavy atom. The van der Waals surface area contributed by atoms with Crippen LogP contribution in [0.15, 0.2) is 115 Å². The largest absolute Gasteiger partial charge is 0.461 e. The third kappa shape index (κ3) is 16.3. The number of ether oxygens (including phenoxy) is 1. The van der Waals surface area contributed by atoms with E-state index in [9.17, 15) is 32.4 Å². The number of pyridine rings is 1. The Labute approximate surface area is 417 Å². The van der Waals surface area contributed by atoms with Gasteiger partial charge in [0.25, 0.3) is 17.7 Å². The summed E-state index contributed by atoms with van der Waals surface area (Å²) >= 11 is 0. The van der Waals surface area contributed by atoms with E-state index in [2.05, 4.69) is 39.0 Å². The van der Waals surface area contributed by atoms with Crippen LogP contribution in [0, 0.1) is 0 Å². The second kappa shape index (κ2) is 26.3. The molecular weight excluding hydrogens is 921 g/mol. The normalized spacial score (nSPS) is 12.6. The van der Waals surface area contributed by atoms with E-state index in [0.29, 0.717) is 49.5 Å². The minimum atomic E-state index is -3.91. The zero-order chi connectivity index (χ0) is 50.8. The first-order valence-electron chi connectivity index (χ1n) is 24.3. The first-order valence-corrected chi connectivity index (χ1v) is 25.8. The van der Waals surface area contributed by atoms with Gasteiger partial charge in [0, 0.05) is 76.1 Å². The van der Waals surface area contributed by atoms with Crippen molar-refractivity contribution < 1.29 is 37.1 Å². The Morgan fingerprint density at radius 3 is 2.01 bits per heavy atom. The first-order chi connectivity index (χ1) is 34.2. The molecular formula is C54H66N8O8S. The number of piperidine rings is 1. The average Bonchev–Trinajstić information content (AvgIpc) is 3.39. The fraction of sp³-hybridized carbons (Fsp3) is 0.370. The van der Waals surface area contributed by atoms with Crippen LogP contribution in [0.1, 0.15) is 112 Å². The summed E-state index contributed by atoms with van der Waals surface area (Å²) in [5.41, 5.74) is 5.34. The zero-order valence-electron chi connectivity index (χ0n) is 41.1. The van der Waals surface area contributed by atoms with Gasteiger partial charge in [-0.2, -0.15) is 8.42 Å². The van der Waals surface area contributed by atoms with Crippen LogP contribution in [-0.2, 0) is 50.5 Å². The number of hydrogen-bond acceptors (Lipinski definition) is 11. The molecule has 4 N–H and O–H groups in total. The number of aryl methyl sites for hydroxylation is 2. The predicted octanol–water partition coefficient (Wildman–Crippen LogP) is 7.53. The molecule has 0 radical (unpaired) electrons. The highest BCUT2D eigenvalue weighted by Gasteiger charge is 2.23. The molecule has 0 aliphatic carbocycles. The third-order valence-corrected chi connectivity index (χ3v) is 13.6. The van der Waals surface area contributed by atoms with E-state index < -0.39 is 28.0 Å². The number of hydrogen-bond donors (Lipinski definition) is 4. The molecule has 0 spiro atoms. The van der Waals surface area contributed by atoms with E-state index in [-0.39, 0.29) is 54.2 Å². The molecule has 0 unspecified atom stereocenters. The van der Waals surface area contributed by atoms with Crippen LogP contribution in [0.25, 0.3) is 0 Å². The van der Waals surface area contributed by atoms with Crippen LogP contribution >= 0.6 is 0 Å². The van der Waals surface area contributed by atoms with Crippen LogP contribution < -0.4 is 25.0 Å². The number of carbonyl (C=O) groups is 5. The van der Waals surface area contributed by atoms with E-state index in [4.69, 9.17) is 9.72 Å². The van der Waals surface area contributed by atoms with Crippen LogP contribution in [0.5, 0.6) is 0 Å². The number of carbonyl (C=O) groups excluding carboxylic acids is 5. The van der Waals surface area contributed by atoms with E-state index in [1.165, 1.54) is 7.05 Å². The molecule has 71 heavy (non-hydrogen) atoms. The van der Waals surface area contributed by atoms with E-state index >= 15 is 0 Å². The molecule has 6 rings (SSSR count). The number of nitrogens with zero attached hydrogens (tertiary/aromatic N) is 4. The Morgan fingerprint density at radius 2 is 1.35 bits per heavy atom. The molecule has 17 heteroatoms. The van der Waals surface area contributed by atoms with Crippen molar-refractivity contribution in [2.75, 3.05) is 55.8 Å². The number of amides is 4. The molecule has 1 aromatic heterocycles. The summed E-state index contributed by atoms with van der Waals surface area (Å²) in [5.74, 6) is -1.48. The SMILES string of the molecule is CCC(CC)N(CCN(C)C(=O)CCC(=O)OCc1ccccc1)Cc1cccc(C(=O)Nc2ccc(N3CCCCC3)nc2C(=O)Nc2ccc(CCc3ccc(C(=O)NS(=O)(=O)NC)cc3)cc2)c1. The fourth-order valence-electron chi connectivity index (χ4n) is 8.36. The van der Waals surface area contributed by atoms with Crippen molar-refractivity contribution in [3.05, 3.63) is 154 Å². The number of benzene rings is 4. The molecule has 16 nitrogen and oxygen atoms in total. The molecule has 0 atom stereocenters. The van der Waals surface area contributed by atoms with Gasteiger partial charge in [0.2, 0.25) is 5.91 Å².